The molecule has 0 saturated heterocycles. The van der Waals surface area contributed by atoms with Gasteiger partial charge in [0, 0.05) is 72.5 Å². The van der Waals surface area contributed by atoms with Crippen molar-refractivity contribution in [3.05, 3.63) is 200 Å². The number of benzene rings is 7. The topological polar surface area (TPSA) is 33.5 Å². The normalized spacial score (nSPS) is 13.4. The molecule has 0 bridgehead atoms. The number of para-hydroxylation sites is 3. The zero-order valence-corrected chi connectivity index (χ0v) is 35.2. The van der Waals surface area contributed by atoms with Crippen LogP contribution in [0.15, 0.2) is 170 Å². The van der Waals surface area contributed by atoms with E-state index in [1.54, 1.807) is 16.8 Å². The Labute approximate surface area is 366 Å². The van der Waals surface area contributed by atoms with Crippen molar-refractivity contribution in [3.63, 3.8) is 0 Å². The van der Waals surface area contributed by atoms with E-state index in [0.717, 1.165) is 50.6 Å². The van der Waals surface area contributed by atoms with Crippen molar-refractivity contribution in [1.29, 1.82) is 0 Å². The van der Waals surface area contributed by atoms with Gasteiger partial charge < -0.3 is 19.1 Å². The minimum atomic E-state index is -0.310. The average molecular weight is 949 g/mol. The van der Waals surface area contributed by atoms with Gasteiger partial charge in [0.25, 0.3) is 0 Å². The second-order valence-electron chi connectivity index (χ2n) is 15.6. The van der Waals surface area contributed by atoms with Gasteiger partial charge >= 0.3 is 0 Å². The van der Waals surface area contributed by atoms with Crippen LogP contribution >= 0.6 is 0 Å². The second kappa shape index (κ2) is 15.4. The molecule has 0 radical (unpaired) electrons. The summed E-state index contributed by atoms with van der Waals surface area (Å²) in [6, 6.07) is 53.3. The summed E-state index contributed by atoms with van der Waals surface area (Å²) >= 11 is 0. The summed E-state index contributed by atoms with van der Waals surface area (Å²) in [4.78, 5) is 9.12. The number of aromatic nitrogens is 2. The van der Waals surface area contributed by atoms with Crippen molar-refractivity contribution >= 4 is 44.6 Å². The van der Waals surface area contributed by atoms with E-state index in [1.165, 1.54) is 5.56 Å². The first-order valence-electron chi connectivity index (χ1n) is 21.4. The molecule has 1 aliphatic rings. The Bertz CT molecular complexity index is 3140. The molecule has 10 rings (SSSR count). The van der Waals surface area contributed by atoms with Gasteiger partial charge in [0.15, 0.2) is 0 Å². The molecule has 0 unspecified atom stereocenters. The van der Waals surface area contributed by atoms with Gasteiger partial charge in [-0.25, -0.2) is 4.98 Å². The molecule has 1 aliphatic heterocycles. The largest absolute Gasteiger partial charge is 0.509 e. The molecular formula is C53H41N4OPt-3. The minimum absolute atomic E-state index is 0. The van der Waals surface area contributed by atoms with E-state index >= 15 is 0 Å². The number of nitrogens with zero attached hydrogens (tertiary/aromatic N) is 4. The first-order valence-corrected chi connectivity index (χ1v) is 19.4. The number of hydrogen-bond donors (Lipinski definition) is 0. The van der Waals surface area contributed by atoms with Crippen LogP contribution in [0.3, 0.4) is 0 Å². The molecule has 0 atom stereocenters. The number of anilines is 4. The van der Waals surface area contributed by atoms with Gasteiger partial charge in [-0.15, -0.1) is 48.1 Å². The summed E-state index contributed by atoms with van der Waals surface area (Å²) in [6.07, 6.45) is 1.73. The van der Waals surface area contributed by atoms with E-state index in [1.807, 2.05) is 54.6 Å². The van der Waals surface area contributed by atoms with Crippen molar-refractivity contribution in [1.82, 2.24) is 9.55 Å². The van der Waals surface area contributed by atoms with E-state index < -0.39 is 0 Å². The molecule has 0 spiro atoms. The van der Waals surface area contributed by atoms with E-state index in [-0.39, 0.29) is 50.6 Å². The van der Waals surface area contributed by atoms with Crippen LogP contribution in [0.2, 0.25) is 0 Å². The predicted octanol–water partition coefficient (Wildman–Crippen LogP) is 13.9. The predicted molar refractivity (Wildman–Crippen MR) is 239 cm³/mol. The van der Waals surface area contributed by atoms with Crippen LogP contribution in [0.1, 0.15) is 37.4 Å². The van der Waals surface area contributed by atoms with E-state index in [2.05, 4.69) is 135 Å². The molecule has 0 saturated carbocycles. The molecule has 0 aliphatic carbocycles. The molecule has 59 heavy (non-hydrogen) atoms. The third kappa shape index (κ3) is 7.00. The van der Waals surface area contributed by atoms with Crippen molar-refractivity contribution in [2.75, 3.05) is 9.80 Å². The monoisotopic (exact) mass is 948 g/mol. The first kappa shape index (κ1) is 33.5. The molecule has 5 nitrogen and oxygen atoms in total. The van der Waals surface area contributed by atoms with Crippen LogP contribution in [-0.2, 0) is 26.5 Å². The Hall–Kier alpha value is -6.42. The third-order valence-electron chi connectivity index (χ3n) is 10.7. The van der Waals surface area contributed by atoms with Crippen molar-refractivity contribution in [3.8, 4) is 39.6 Å². The van der Waals surface area contributed by atoms with Gasteiger partial charge in [0.2, 0.25) is 0 Å². The van der Waals surface area contributed by atoms with E-state index in [9.17, 15) is 0 Å². The molecule has 0 N–H and O–H groups in total. The Morgan fingerprint density at radius 3 is 2.00 bits per heavy atom. The van der Waals surface area contributed by atoms with Crippen LogP contribution in [0, 0.1) is 25.7 Å². The van der Waals surface area contributed by atoms with Crippen LogP contribution in [0.5, 0.6) is 11.5 Å². The summed E-state index contributed by atoms with van der Waals surface area (Å²) in [5, 5.41) is 1.02. The maximum absolute atomic E-state index is 9.00. The Balaban J connectivity index is 0.00000504. The van der Waals surface area contributed by atoms with Gasteiger partial charge in [0.05, 0.1) is 5.48 Å². The molecule has 2 aromatic heterocycles. The SMILES string of the molecule is [2H]c1c([2H])c([2H])c2c(c1[2H])c1ccc(Oc3[c-]c(N4[CH-]N(c5c(-c6ccccc6)cc(C)cc5-c5ccccc5)c5ccccc54)ccc3)[c-]c1n2-c1cc(C(C)(C)C)ccn1.[Pt]. The second-order valence-corrected chi connectivity index (χ2v) is 15.6. The molecule has 3 heterocycles. The molecule has 9 aromatic rings. The standard InChI is InChI=1S/C53H41N4O.Pt/c1-36-30-45(37-16-7-5-8-17-37)52(46(31-36)38-18-9-6-10-19-38)56-35-55(48-24-13-14-25-49(48)56)40-20-15-21-41(33-40)58-42-26-27-44-43-22-11-12-23-47(43)57(50(44)34-42)51-32-39(28-29-54-51)53(2,3)4;/h5-32,35H,1-4H3;/q-3;/i11D,12D,22D,23D;. The summed E-state index contributed by atoms with van der Waals surface area (Å²) in [5.74, 6) is 1.38. The number of pyridine rings is 1. The average Bonchev–Trinajstić information content (AvgIpc) is 3.84. The van der Waals surface area contributed by atoms with Crippen LogP contribution in [0.4, 0.5) is 22.7 Å². The van der Waals surface area contributed by atoms with E-state index in [0.29, 0.717) is 39.1 Å². The summed E-state index contributed by atoms with van der Waals surface area (Å²) in [7, 11) is 0. The van der Waals surface area contributed by atoms with Crippen LogP contribution in [-0.4, -0.2) is 9.55 Å². The fourth-order valence-electron chi connectivity index (χ4n) is 7.87. The maximum Gasteiger partial charge on any atom is 0.135 e. The smallest absolute Gasteiger partial charge is 0.135 e. The molecular weight excluding hydrogens is 904 g/mol. The summed E-state index contributed by atoms with van der Waals surface area (Å²) < 4.78 is 43.3. The maximum atomic E-state index is 9.00. The van der Waals surface area contributed by atoms with E-state index in [4.69, 9.17) is 15.2 Å². The van der Waals surface area contributed by atoms with Crippen molar-refractivity contribution < 1.29 is 31.3 Å². The van der Waals surface area contributed by atoms with Crippen LogP contribution in [0.25, 0.3) is 49.9 Å². The number of aryl methyl sites for hydroxylation is 1. The quantitative estimate of drug-likeness (QED) is 0.149. The fourth-order valence-corrected chi connectivity index (χ4v) is 7.87. The molecule has 0 fully saturated rings. The Morgan fingerprint density at radius 2 is 1.31 bits per heavy atom. The zero-order chi connectivity index (χ0) is 42.9. The number of fused-ring (bicyclic) bond motifs is 4. The Kier molecular flexibility index (Phi) is 8.75. The number of hydrogen-bond acceptors (Lipinski definition) is 4. The summed E-state index contributed by atoms with van der Waals surface area (Å²) in [6.45, 7) is 10.6. The van der Waals surface area contributed by atoms with Gasteiger partial charge in [-0.3, -0.25) is 0 Å². The number of rotatable bonds is 7. The number of ether oxygens (including phenoxy) is 1. The first-order chi connectivity index (χ1) is 30.0. The van der Waals surface area contributed by atoms with Gasteiger partial charge in [-0.1, -0.05) is 117 Å². The van der Waals surface area contributed by atoms with Gasteiger partial charge in [-0.05, 0) is 82.4 Å². The molecule has 292 valence electrons. The van der Waals surface area contributed by atoms with Gasteiger partial charge in [-0.2, -0.15) is 12.1 Å². The third-order valence-corrected chi connectivity index (χ3v) is 10.7. The van der Waals surface area contributed by atoms with Crippen LogP contribution < -0.4 is 14.5 Å². The fraction of sp³-hybridized carbons (Fsp3) is 0.0943. The van der Waals surface area contributed by atoms with Gasteiger partial charge in [0.1, 0.15) is 5.82 Å². The summed E-state index contributed by atoms with van der Waals surface area (Å²) in [5.41, 5.74) is 11.2. The Morgan fingerprint density at radius 1 is 0.661 bits per heavy atom. The molecule has 6 heteroatoms. The molecule has 0 amide bonds. The minimum Gasteiger partial charge on any atom is -0.509 e. The van der Waals surface area contributed by atoms with Crippen molar-refractivity contribution in [2.24, 2.45) is 0 Å². The zero-order valence-electron chi connectivity index (χ0n) is 36.9. The molecule has 7 aromatic carbocycles. The van der Waals surface area contributed by atoms with Crippen molar-refractivity contribution in [2.45, 2.75) is 33.1 Å².